The summed E-state index contributed by atoms with van der Waals surface area (Å²) in [6.07, 6.45) is 1.64. The first-order valence-electron chi connectivity index (χ1n) is 6.05. The van der Waals surface area contributed by atoms with Gasteiger partial charge in [0, 0.05) is 32.4 Å². The Balaban J connectivity index is 2.80. The molecule has 0 radical (unpaired) electrons. The summed E-state index contributed by atoms with van der Waals surface area (Å²) in [4.78, 5) is 18.2. The highest BCUT2D eigenvalue weighted by Crippen LogP contribution is 2.07. The molecule has 100 valence electrons. The van der Waals surface area contributed by atoms with Gasteiger partial charge in [-0.05, 0) is 25.5 Å². The zero-order valence-electron chi connectivity index (χ0n) is 11.2. The molecule has 2 N–H and O–H groups in total. The summed E-state index contributed by atoms with van der Waals surface area (Å²) in [6, 6.07) is 3.66. The number of pyridine rings is 1. The van der Waals surface area contributed by atoms with Crippen molar-refractivity contribution in [2.24, 2.45) is 5.73 Å². The van der Waals surface area contributed by atoms with Crippen molar-refractivity contribution in [2.75, 3.05) is 20.3 Å². The summed E-state index contributed by atoms with van der Waals surface area (Å²) in [5.74, 6) is -0.0781. The third kappa shape index (κ3) is 3.78. The Labute approximate surface area is 108 Å². The predicted molar refractivity (Wildman–Crippen MR) is 70.2 cm³/mol. The molecule has 1 amide bonds. The Morgan fingerprint density at radius 2 is 2.22 bits per heavy atom. The topological polar surface area (TPSA) is 68.5 Å². The first-order chi connectivity index (χ1) is 8.60. The first kappa shape index (κ1) is 14.6. The summed E-state index contributed by atoms with van der Waals surface area (Å²) in [5, 5.41) is 0. The third-order valence-electron chi connectivity index (χ3n) is 2.70. The van der Waals surface area contributed by atoms with Gasteiger partial charge in [0.25, 0.3) is 5.91 Å². The average Bonchev–Trinajstić information content (AvgIpc) is 2.38. The predicted octanol–water partition coefficient (Wildman–Crippen LogP) is 1.04. The smallest absolute Gasteiger partial charge is 0.272 e. The number of hydrogen-bond donors (Lipinski definition) is 1. The number of aromatic nitrogens is 1. The molecule has 0 atom stereocenters. The Bertz CT molecular complexity index is 376. The highest BCUT2D eigenvalue weighted by atomic mass is 16.5. The molecule has 0 aliphatic carbocycles. The lowest BCUT2D eigenvalue weighted by Gasteiger charge is -2.26. The molecule has 5 nitrogen and oxygen atoms in total. The number of rotatable bonds is 6. The molecule has 0 aliphatic heterocycles. The van der Waals surface area contributed by atoms with Crippen LogP contribution in [0.25, 0.3) is 0 Å². The summed E-state index contributed by atoms with van der Waals surface area (Å²) < 4.78 is 5.01. The van der Waals surface area contributed by atoms with E-state index in [0.717, 1.165) is 5.56 Å². The van der Waals surface area contributed by atoms with E-state index in [-0.39, 0.29) is 11.9 Å². The average molecular weight is 251 g/mol. The monoisotopic (exact) mass is 251 g/mol. The molecular formula is C13H21N3O2. The van der Waals surface area contributed by atoms with Crippen molar-refractivity contribution in [2.45, 2.75) is 26.4 Å². The minimum Gasteiger partial charge on any atom is -0.383 e. The Morgan fingerprint density at radius 1 is 1.50 bits per heavy atom. The van der Waals surface area contributed by atoms with E-state index >= 15 is 0 Å². The maximum absolute atomic E-state index is 12.3. The summed E-state index contributed by atoms with van der Waals surface area (Å²) in [5.41, 5.74) is 6.86. The van der Waals surface area contributed by atoms with Gasteiger partial charge in [0.15, 0.2) is 0 Å². The van der Waals surface area contributed by atoms with Crippen molar-refractivity contribution < 1.29 is 9.53 Å². The maximum atomic E-state index is 12.3. The van der Waals surface area contributed by atoms with E-state index in [1.54, 1.807) is 24.3 Å². The van der Waals surface area contributed by atoms with Gasteiger partial charge in [0.05, 0.1) is 6.61 Å². The maximum Gasteiger partial charge on any atom is 0.272 e. The van der Waals surface area contributed by atoms with Crippen molar-refractivity contribution in [1.82, 2.24) is 9.88 Å². The van der Waals surface area contributed by atoms with Crippen LogP contribution in [0.3, 0.4) is 0 Å². The van der Waals surface area contributed by atoms with Gasteiger partial charge in [-0.25, -0.2) is 0 Å². The van der Waals surface area contributed by atoms with Gasteiger partial charge in [-0.3, -0.25) is 9.78 Å². The van der Waals surface area contributed by atoms with Gasteiger partial charge < -0.3 is 15.4 Å². The van der Waals surface area contributed by atoms with Crippen molar-refractivity contribution in [3.63, 3.8) is 0 Å². The normalized spacial score (nSPS) is 10.7. The van der Waals surface area contributed by atoms with E-state index in [1.807, 2.05) is 19.9 Å². The molecule has 0 fully saturated rings. The highest BCUT2D eigenvalue weighted by molar-refractivity contribution is 5.92. The van der Waals surface area contributed by atoms with Gasteiger partial charge >= 0.3 is 0 Å². The van der Waals surface area contributed by atoms with Crippen LogP contribution in [0.4, 0.5) is 0 Å². The molecule has 0 bridgehead atoms. The van der Waals surface area contributed by atoms with Crippen LogP contribution in [0.5, 0.6) is 0 Å². The second kappa shape index (κ2) is 7.08. The molecule has 1 heterocycles. The van der Waals surface area contributed by atoms with E-state index in [9.17, 15) is 4.79 Å². The van der Waals surface area contributed by atoms with Crippen LogP contribution in [0, 0.1) is 0 Å². The van der Waals surface area contributed by atoms with Gasteiger partial charge in [-0.2, -0.15) is 0 Å². The van der Waals surface area contributed by atoms with Gasteiger partial charge in [0.2, 0.25) is 0 Å². The van der Waals surface area contributed by atoms with E-state index in [2.05, 4.69) is 4.98 Å². The summed E-state index contributed by atoms with van der Waals surface area (Å²) in [6.45, 7) is 5.46. The molecule has 1 rings (SSSR count). The molecule has 0 saturated heterocycles. The Kier molecular flexibility index (Phi) is 5.74. The molecule has 0 aromatic carbocycles. The lowest BCUT2D eigenvalue weighted by molar-refractivity contribution is 0.0629. The highest BCUT2D eigenvalue weighted by Gasteiger charge is 2.19. The quantitative estimate of drug-likeness (QED) is 0.820. The van der Waals surface area contributed by atoms with Gasteiger partial charge in [-0.1, -0.05) is 6.07 Å². The molecule has 0 unspecified atom stereocenters. The molecular weight excluding hydrogens is 230 g/mol. The van der Waals surface area contributed by atoms with E-state index in [4.69, 9.17) is 10.5 Å². The number of methoxy groups -OCH3 is 1. The van der Waals surface area contributed by atoms with Crippen molar-refractivity contribution in [1.29, 1.82) is 0 Å². The van der Waals surface area contributed by atoms with Crippen molar-refractivity contribution in [3.05, 3.63) is 29.6 Å². The fraction of sp³-hybridized carbons (Fsp3) is 0.538. The molecule has 1 aromatic heterocycles. The minimum absolute atomic E-state index is 0.0781. The number of carbonyl (C=O) groups excluding carboxylic acids is 1. The fourth-order valence-electron chi connectivity index (χ4n) is 1.60. The van der Waals surface area contributed by atoms with Crippen molar-refractivity contribution >= 4 is 5.91 Å². The number of amides is 1. The van der Waals surface area contributed by atoms with E-state index < -0.39 is 0 Å². The van der Waals surface area contributed by atoms with Crippen LogP contribution in [-0.2, 0) is 11.3 Å². The SMILES string of the molecule is COCCN(C(=O)c1ccc(CN)cn1)C(C)C. The number of nitrogens with two attached hydrogens (primary N) is 1. The van der Waals surface area contributed by atoms with E-state index in [0.29, 0.717) is 25.4 Å². The lowest BCUT2D eigenvalue weighted by Crippen LogP contribution is -2.39. The fourth-order valence-corrected chi connectivity index (χ4v) is 1.60. The van der Waals surface area contributed by atoms with Crippen LogP contribution < -0.4 is 5.73 Å². The number of carbonyl (C=O) groups is 1. The second-order valence-corrected chi connectivity index (χ2v) is 4.34. The van der Waals surface area contributed by atoms with Crippen LogP contribution in [0.15, 0.2) is 18.3 Å². The van der Waals surface area contributed by atoms with Gasteiger partial charge in [0.1, 0.15) is 5.69 Å². The van der Waals surface area contributed by atoms with Crippen LogP contribution in [0.2, 0.25) is 0 Å². The van der Waals surface area contributed by atoms with Crippen molar-refractivity contribution in [3.8, 4) is 0 Å². The lowest BCUT2D eigenvalue weighted by atomic mass is 10.2. The first-order valence-corrected chi connectivity index (χ1v) is 6.05. The second-order valence-electron chi connectivity index (χ2n) is 4.34. The van der Waals surface area contributed by atoms with E-state index in [1.165, 1.54) is 0 Å². The van der Waals surface area contributed by atoms with Crippen LogP contribution >= 0.6 is 0 Å². The molecule has 0 saturated carbocycles. The molecule has 5 heteroatoms. The largest absolute Gasteiger partial charge is 0.383 e. The molecule has 1 aromatic rings. The number of hydrogen-bond acceptors (Lipinski definition) is 4. The summed E-state index contributed by atoms with van der Waals surface area (Å²) in [7, 11) is 1.62. The zero-order valence-corrected chi connectivity index (χ0v) is 11.2. The van der Waals surface area contributed by atoms with Crippen LogP contribution in [-0.4, -0.2) is 42.1 Å². The summed E-state index contributed by atoms with van der Waals surface area (Å²) >= 11 is 0. The Morgan fingerprint density at radius 3 is 2.67 bits per heavy atom. The molecule has 0 spiro atoms. The molecule has 18 heavy (non-hydrogen) atoms. The van der Waals surface area contributed by atoms with Gasteiger partial charge in [-0.15, -0.1) is 0 Å². The third-order valence-corrected chi connectivity index (χ3v) is 2.70. The standard InChI is InChI=1S/C13H21N3O2/c1-10(2)16(6-7-18-3)13(17)12-5-4-11(8-14)9-15-12/h4-5,9-10H,6-8,14H2,1-3H3. The minimum atomic E-state index is -0.0781. The number of ether oxygens (including phenoxy) is 1. The van der Waals surface area contributed by atoms with Crippen LogP contribution in [0.1, 0.15) is 29.9 Å². The Hall–Kier alpha value is -1.46. The number of nitrogens with zero attached hydrogens (tertiary/aromatic N) is 2. The zero-order chi connectivity index (χ0) is 13.5. The molecule has 0 aliphatic rings.